The standard InChI is InChI=1S/C21H28N6O2/c1-13(2)23-20(28)12-26-7-5-6-16(11-26)21-17(18-8-15(4)25-29-18)10-22-19-9-14(3)24-27(19)21/h8-10,13,16H,5-7,11-12H2,1-4H3,(H,23,28). The maximum Gasteiger partial charge on any atom is 0.234 e. The molecule has 1 unspecified atom stereocenters. The summed E-state index contributed by atoms with van der Waals surface area (Å²) in [4.78, 5) is 19.1. The molecule has 8 nitrogen and oxygen atoms in total. The molecule has 4 rings (SSSR count). The van der Waals surface area contributed by atoms with E-state index in [1.165, 1.54) is 0 Å². The van der Waals surface area contributed by atoms with Crippen molar-refractivity contribution in [3.8, 4) is 11.3 Å². The number of rotatable bonds is 5. The molecule has 0 radical (unpaired) electrons. The fourth-order valence-electron chi connectivity index (χ4n) is 4.13. The first kappa shape index (κ1) is 19.6. The van der Waals surface area contributed by atoms with Gasteiger partial charge in [-0.1, -0.05) is 5.16 Å². The summed E-state index contributed by atoms with van der Waals surface area (Å²) in [5, 5.41) is 11.7. The number of amides is 1. The summed E-state index contributed by atoms with van der Waals surface area (Å²) in [5.41, 5.74) is 4.58. The van der Waals surface area contributed by atoms with Gasteiger partial charge in [0.05, 0.1) is 29.2 Å². The van der Waals surface area contributed by atoms with Crippen molar-refractivity contribution in [2.24, 2.45) is 0 Å². The summed E-state index contributed by atoms with van der Waals surface area (Å²) in [6, 6.07) is 4.06. The Morgan fingerprint density at radius 1 is 1.31 bits per heavy atom. The SMILES string of the molecule is Cc1cc(-c2cnc3cc(C)nn3c2C2CCCN(CC(=O)NC(C)C)C2)on1. The molecule has 0 spiro atoms. The molecule has 8 heteroatoms. The van der Waals surface area contributed by atoms with E-state index >= 15 is 0 Å². The third kappa shape index (κ3) is 4.17. The van der Waals surface area contributed by atoms with Crippen LogP contribution in [-0.2, 0) is 4.79 Å². The zero-order valence-electron chi connectivity index (χ0n) is 17.5. The largest absolute Gasteiger partial charge is 0.356 e. The predicted octanol–water partition coefficient (Wildman–Crippen LogP) is 2.71. The number of hydrogen-bond donors (Lipinski definition) is 1. The highest BCUT2D eigenvalue weighted by molar-refractivity contribution is 5.78. The minimum atomic E-state index is 0.0709. The Bertz CT molecular complexity index is 1020. The zero-order chi connectivity index (χ0) is 20.5. The number of likely N-dealkylation sites (tertiary alicyclic amines) is 1. The number of hydrogen-bond acceptors (Lipinski definition) is 6. The summed E-state index contributed by atoms with van der Waals surface area (Å²) in [7, 11) is 0. The van der Waals surface area contributed by atoms with Crippen molar-refractivity contribution in [2.75, 3.05) is 19.6 Å². The summed E-state index contributed by atoms with van der Waals surface area (Å²) >= 11 is 0. The summed E-state index contributed by atoms with van der Waals surface area (Å²) in [5.74, 6) is 0.997. The van der Waals surface area contributed by atoms with Crippen LogP contribution in [0.15, 0.2) is 22.9 Å². The van der Waals surface area contributed by atoms with Gasteiger partial charge in [-0.05, 0) is 47.1 Å². The van der Waals surface area contributed by atoms with Gasteiger partial charge < -0.3 is 9.84 Å². The van der Waals surface area contributed by atoms with E-state index in [-0.39, 0.29) is 17.9 Å². The van der Waals surface area contributed by atoms with Gasteiger partial charge in [0, 0.05) is 36.8 Å². The molecule has 1 aliphatic rings. The van der Waals surface area contributed by atoms with E-state index in [0.29, 0.717) is 12.3 Å². The van der Waals surface area contributed by atoms with Gasteiger partial charge in [-0.15, -0.1) is 0 Å². The lowest BCUT2D eigenvalue weighted by atomic mass is 9.91. The molecule has 0 aliphatic carbocycles. The van der Waals surface area contributed by atoms with Crippen molar-refractivity contribution in [3.05, 3.63) is 35.4 Å². The van der Waals surface area contributed by atoms with Gasteiger partial charge in [0.2, 0.25) is 5.91 Å². The third-order valence-electron chi connectivity index (χ3n) is 5.25. The number of carbonyl (C=O) groups excluding carboxylic acids is 1. The first-order valence-corrected chi connectivity index (χ1v) is 10.2. The number of aromatic nitrogens is 4. The normalized spacial score (nSPS) is 17.9. The van der Waals surface area contributed by atoms with Crippen LogP contribution in [0.4, 0.5) is 0 Å². The molecule has 154 valence electrons. The van der Waals surface area contributed by atoms with E-state index in [9.17, 15) is 4.79 Å². The van der Waals surface area contributed by atoms with Gasteiger partial charge in [0.1, 0.15) is 0 Å². The maximum atomic E-state index is 12.3. The number of nitrogens with one attached hydrogen (secondary N) is 1. The molecular formula is C21H28N6O2. The first-order chi connectivity index (χ1) is 13.9. The average Bonchev–Trinajstić information content (AvgIpc) is 3.24. The lowest BCUT2D eigenvalue weighted by molar-refractivity contribution is -0.123. The summed E-state index contributed by atoms with van der Waals surface area (Å²) in [6.45, 7) is 9.98. The fourth-order valence-corrected chi connectivity index (χ4v) is 4.13. The highest BCUT2D eigenvalue weighted by Gasteiger charge is 2.29. The Balaban J connectivity index is 1.69. The summed E-state index contributed by atoms with van der Waals surface area (Å²) < 4.78 is 7.50. The molecule has 1 amide bonds. The molecule has 1 atom stereocenters. The van der Waals surface area contributed by atoms with Crippen LogP contribution in [0.25, 0.3) is 17.0 Å². The van der Waals surface area contributed by atoms with E-state index in [1.54, 1.807) is 0 Å². The summed E-state index contributed by atoms with van der Waals surface area (Å²) in [6.07, 6.45) is 3.91. The van der Waals surface area contributed by atoms with Gasteiger partial charge in [-0.3, -0.25) is 9.69 Å². The van der Waals surface area contributed by atoms with Crippen LogP contribution >= 0.6 is 0 Å². The van der Waals surface area contributed by atoms with Crippen molar-refractivity contribution in [3.63, 3.8) is 0 Å². The predicted molar refractivity (Wildman–Crippen MR) is 110 cm³/mol. The first-order valence-electron chi connectivity index (χ1n) is 10.2. The van der Waals surface area contributed by atoms with Crippen LogP contribution in [-0.4, -0.2) is 56.2 Å². The van der Waals surface area contributed by atoms with Gasteiger partial charge in [-0.25, -0.2) is 9.50 Å². The van der Waals surface area contributed by atoms with Crippen LogP contribution in [0.1, 0.15) is 49.7 Å². The van der Waals surface area contributed by atoms with E-state index in [2.05, 4.69) is 20.4 Å². The fraction of sp³-hybridized carbons (Fsp3) is 0.524. The molecule has 0 bridgehead atoms. The zero-order valence-corrected chi connectivity index (χ0v) is 17.5. The molecule has 3 aromatic heterocycles. The lowest BCUT2D eigenvalue weighted by Crippen LogP contribution is -2.44. The second-order valence-electron chi connectivity index (χ2n) is 8.24. The minimum absolute atomic E-state index is 0.0709. The molecule has 0 saturated carbocycles. The van der Waals surface area contributed by atoms with E-state index in [4.69, 9.17) is 9.62 Å². The van der Waals surface area contributed by atoms with Gasteiger partial charge in [-0.2, -0.15) is 5.10 Å². The van der Waals surface area contributed by atoms with Crippen molar-refractivity contribution in [1.82, 2.24) is 30.0 Å². The van der Waals surface area contributed by atoms with Crippen molar-refractivity contribution in [2.45, 2.75) is 52.5 Å². The monoisotopic (exact) mass is 396 g/mol. The van der Waals surface area contributed by atoms with Gasteiger partial charge >= 0.3 is 0 Å². The number of fused-ring (bicyclic) bond motifs is 1. The Morgan fingerprint density at radius 3 is 2.86 bits per heavy atom. The smallest absolute Gasteiger partial charge is 0.234 e. The van der Waals surface area contributed by atoms with E-state index < -0.39 is 0 Å². The molecule has 0 aromatic carbocycles. The number of aryl methyl sites for hydroxylation is 2. The molecule has 1 aliphatic heterocycles. The van der Waals surface area contributed by atoms with E-state index in [1.807, 2.05) is 50.5 Å². The molecule has 1 fully saturated rings. The molecule has 4 heterocycles. The van der Waals surface area contributed by atoms with Crippen LogP contribution in [0, 0.1) is 13.8 Å². The third-order valence-corrected chi connectivity index (χ3v) is 5.25. The van der Waals surface area contributed by atoms with Crippen LogP contribution in [0.2, 0.25) is 0 Å². The molecule has 1 saturated heterocycles. The van der Waals surface area contributed by atoms with Gasteiger partial charge in [0.25, 0.3) is 0 Å². The number of carbonyl (C=O) groups is 1. The maximum absolute atomic E-state index is 12.3. The van der Waals surface area contributed by atoms with Crippen molar-refractivity contribution in [1.29, 1.82) is 0 Å². The Kier molecular flexibility index (Phi) is 5.36. The second-order valence-corrected chi connectivity index (χ2v) is 8.24. The Hall–Kier alpha value is -2.74. The number of nitrogens with zero attached hydrogens (tertiary/aromatic N) is 5. The molecule has 3 aromatic rings. The highest BCUT2D eigenvalue weighted by atomic mass is 16.5. The molecule has 29 heavy (non-hydrogen) atoms. The number of piperidine rings is 1. The topological polar surface area (TPSA) is 88.6 Å². The Morgan fingerprint density at radius 2 is 2.14 bits per heavy atom. The minimum Gasteiger partial charge on any atom is -0.356 e. The average molecular weight is 396 g/mol. The van der Waals surface area contributed by atoms with Crippen LogP contribution in [0.3, 0.4) is 0 Å². The van der Waals surface area contributed by atoms with Crippen molar-refractivity contribution >= 4 is 11.6 Å². The van der Waals surface area contributed by atoms with Gasteiger partial charge in [0.15, 0.2) is 11.4 Å². The highest BCUT2D eigenvalue weighted by Crippen LogP contribution is 2.34. The quantitative estimate of drug-likeness (QED) is 0.713. The van der Waals surface area contributed by atoms with E-state index in [0.717, 1.165) is 54.2 Å². The lowest BCUT2D eigenvalue weighted by Gasteiger charge is -2.33. The molecule has 1 N–H and O–H groups in total. The second kappa shape index (κ2) is 7.94. The van der Waals surface area contributed by atoms with Crippen LogP contribution < -0.4 is 5.32 Å². The van der Waals surface area contributed by atoms with Crippen LogP contribution in [0.5, 0.6) is 0 Å². The Labute approximate surface area is 170 Å². The van der Waals surface area contributed by atoms with Crippen molar-refractivity contribution < 1.29 is 9.32 Å². The molecular weight excluding hydrogens is 368 g/mol.